The Morgan fingerprint density at radius 3 is 2.70 bits per heavy atom. The number of hydrogen-bond donors (Lipinski definition) is 2. The molecule has 1 aliphatic rings. The fourth-order valence-electron chi connectivity index (χ4n) is 5.15. The van der Waals surface area contributed by atoms with Crippen molar-refractivity contribution in [3.63, 3.8) is 0 Å². The smallest absolute Gasteiger partial charge is 0.303 e. The van der Waals surface area contributed by atoms with Crippen LogP contribution in [0, 0.1) is 5.41 Å². The van der Waals surface area contributed by atoms with Crippen LogP contribution in [0.1, 0.15) is 72.7 Å². The minimum atomic E-state index is -0.904. The van der Waals surface area contributed by atoms with Gasteiger partial charge in [0.1, 0.15) is 0 Å². The summed E-state index contributed by atoms with van der Waals surface area (Å²) in [5.74, 6) is 0.138. The van der Waals surface area contributed by atoms with E-state index < -0.39 is 11.6 Å². The number of rotatable bonds is 12. The molecule has 2 N–H and O–H groups in total. The van der Waals surface area contributed by atoms with Crippen molar-refractivity contribution in [1.29, 1.82) is 0 Å². The number of aromatic nitrogens is 1. The van der Waals surface area contributed by atoms with E-state index in [9.17, 15) is 15.0 Å². The van der Waals surface area contributed by atoms with Crippen LogP contribution in [-0.2, 0) is 16.8 Å². The first kappa shape index (κ1) is 29.1. The summed E-state index contributed by atoms with van der Waals surface area (Å²) in [6, 6.07) is 20.9. The van der Waals surface area contributed by atoms with E-state index in [-0.39, 0.29) is 17.1 Å². The minimum absolute atomic E-state index is 0.0719. The van der Waals surface area contributed by atoms with Crippen LogP contribution in [0.2, 0.25) is 0 Å². The Hall–Kier alpha value is -2.45. The summed E-state index contributed by atoms with van der Waals surface area (Å²) in [6.45, 7) is 3.67. The van der Waals surface area contributed by atoms with E-state index in [0.29, 0.717) is 0 Å². The summed E-state index contributed by atoms with van der Waals surface area (Å²) in [4.78, 5) is 16.3. The van der Waals surface area contributed by atoms with Gasteiger partial charge in [-0.05, 0) is 101 Å². The third-order valence-electron chi connectivity index (χ3n) is 7.55. The van der Waals surface area contributed by atoms with Crippen molar-refractivity contribution in [1.82, 2.24) is 4.98 Å². The third kappa shape index (κ3) is 7.24. The van der Waals surface area contributed by atoms with Crippen LogP contribution in [0.3, 0.4) is 0 Å². The maximum absolute atomic E-state index is 11.5. The van der Waals surface area contributed by atoms with E-state index in [1.165, 1.54) is 5.56 Å². The van der Waals surface area contributed by atoms with E-state index in [4.69, 9.17) is 4.98 Å². The number of aliphatic hydroxyl groups is 1. The Morgan fingerprint density at radius 2 is 1.95 bits per heavy atom. The fraction of sp³-hybridized carbons (Fsp3) is 0.333. The van der Waals surface area contributed by atoms with Gasteiger partial charge in [-0.3, -0.25) is 4.79 Å². The Balaban J connectivity index is 1.37. The molecule has 2 aromatic heterocycles. The highest BCUT2D eigenvalue weighted by molar-refractivity contribution is 9.10. The van der Waals surface area contributed by atoms with Crippen LogP contribution in [0.15, 0.2) is 70.5 Å². The fourth-order valence-corrected chi connectivity index (χ4v) is 8.19. The molecule has 4 aromatic rings. The van der Waals surface area contributed by atoms with Crippen molar-refractivity contribution in [2.24, 2.45) is 5.41 Å². The highest BCUT2D eigenvalue weighted by Crippen LogP contribution is 2.53. The highest BCUT2D eigenvalue weighted by Gasteiger charge is 2.44. The normalized spacial score (nSPS) is 15.5. The minimum Gasteiger partial charge on any atom is -0.481 e. The molecule has 208 valence electrons. The van der Waals surface area contributed by atoms with E-state index in [1.807, 2.05) is 49.9 Å². The molecule has 1 atom stereocenters. The number of thioether (sulfide) groups is 1. The van der Waals surface area contributed by atoms with Crippen LogP contribution < -0.4 is 0 Å². The summed E-state index contributed by atoms with van der Waals surface area (Å²) in [5.41, 5.74) is 5.39. The van der Waals surface area contributed by atoms with Crippen LogP contribution >= 0.6 is 39.0 Å². The van der Waals surface area contributed by atoms with Crippen molar-refractivity contribution in [2.45, 2.75) is 56.8 Å². The van der Waals surface area contributed by atoms with Gasteiger partial charge in [-0.15, -0.1) is 11.3 Å². The first-order chi connectivity index (χ1) is 19.1. The Morgan fingerprint density at radius 1 is 1.15 bits per heavy atom. The Labute approximate surface area is 252 Å². The predicted octanol–water partition coefficient (Wildman–Crippen LogP) is 9.12. The van der Waals surface area contributed by atoms with Gasteiger partial charge in [-0.25, -0.2) is 4.98 Å². The monoisotopic (exact) mass is 635 g/mol. The molecule has 0 bridgehead atoms. The summed E-state index contributed by atoms with van der Waals surface area (Å²) in [6.07, 6.45) is 8.12. The number of pyridine rings is 1. The third-order valence-corrected chi connectivity index (χ3v) is 11.1. The summed E-state index contributed by atoms with van der Waals surface area (Å²) < 4.78 is 2.18. The molecule has 0 amide bonds. The SMILES string of the molecule is CC(C)(O)c1ccccc1CCC(SCC1(CC(=O)O)CC1)c1cccc(/C=C/c2ccc3scc(Br)c3n2)c1. The van der Waals surface area contributed by atoms with Crippen molar-refractivity contribution in [2.75, 3.05) is 5.75 Å². The average molecular weight is 637 g/mol. The number of thiophene rings is 1. The number of nitrogens with zero attached hydrogens (tertiary/aromatic N) is 1. The van der Waals surface area contributed by atoms with Gasteiger partial charge in [0, 0.05) is 16.4 Å². The second-order valence-electron chi connectivity index (χ2n) is 11.3. The molecule has 1 saturated carbocycles. The largest absolute Gasteiger partial charge is 0.481 e. The molecule has 0 aliphatic heterocycles. The van der Waals surface area contributed by atoms with Gasteiger partial charge in [0.15, 0.2) is 0 Å². The molecule has 4 nitrogen and oxygen atoms in total. The highest BCUT2D eigenvalue weighted by atomic mass is 79.9. The lowest BCUT2D eigenvalue weighted by Crippen LogP contribution is -2.18. The van der Waals surface area contributed by atoms with E-state index in [0.717, 1.165) is 68.5 Å². The van der Waals surface area contributed by atoms with Crippen molar-refractivity contribution in [3.05, 3.63) is 98.5 Å². The molecule has 1 unspecified atom stereocenters. The maximum atomic E-state index is 11.5. The summed E-state index contributed by atoms with van der Waals surface area (Å²) >= 11 is 7.15. The van der Waals surface area contributed by atoms with Crippen LogP contribution in [-0.4, -0.2) is 26.9 Å². The molecule has 2 aromatic carbocycles. The lowest BCUT2D eigenvalue weighted by molar-refractivity contribution is -0.138. The zero-order valence-electron chi connectivity index (χ0n) is 22.8. The first-order valence-corrected chi connectivity index (χ1v) is 16.3. The summed E-state index contributed by atoms with van der Waals surface area (Å²) in [5, 5.41) is 22.4. The number of carbonyl (C=O) groups is 1. The number of aliphatic carboxylic acids is 1. The second kappa shape index (κ2) is 12.2. The Kier molecular flexibility index (Phi) is 8.86. The molecule has 1 aliphatic carbocycles. The predicted molar refractivity (Wildman–Crippen MR) is 172 cm³/mol. The number of halogens is 1. The molecular weight excluding hydrogens is 602 g/mol. The first-order valence-electron chi connectivity index (χ1n) is 13.6. The van der Waals surface area contributed by atoms with Gasteiger partial charge in [-0.2, -0.15) is 11.8 Å². The van der Waals surface area contributed by atoms with Crippen LogP contribution in [0.25, 0.3) is 22.4 Å². The standard InChI is InChI=1S/C33H34BrNO3S2/c1-32(2,38)26-9-4-3-7-23(26)11-14-28(40-21-33(16-17-33)19-30(36)37)24-8-5-6-22(18-24)10-12-25-13-15-29-31(35-25)27(34)20-39-29/h3-10,12-13,15,18,20,28,38H,11,14,16-17,19,21H2,1-2H3,(H,36,37)/b12-10+. The van der Waals surface area contributed by atoms with Crippen LogP contribution in [0.4, 0.5) is 0 Å². The number of benzene rings is 2. The van der Waals surface area contributed by atoms with Gasteiger partial charge in [-0.1, -0.05) is 54.6 Å². The molecule has 0 spiro atoms. The van der Waals surface area contributed by atoms with Crippen molar-refractivity contribution in [3.8, 4) is 0 Å². The van der Waals surface area contributed by atoms with E-state index in [1.54, 1.807) is 11.3 Å². The molecule has 40 heavy (non-hydrogen) atoms. The molecule has 1 fully saturated rings. The average Bonchev–Trinajstić information content (AvgIpc) is 3.58. The number of fused-ring (bicyclic) bond motifs is 1. The van der Waals surface area contributed by atoms with Crippen molar-refractivity contribution < 1.29 is 15.0 Å². The molecular formula is C33H34BrNO3S2. The molecule has 0 saturated heterocycles. The van der Waals surface area contributed by atoms with E-state index in [2.05, 4.69) is 69.9 Å². The Bertz CT molecular complexity index is 1530. The number of hydrogen-bond acceptors (Lipinski definition) is 5. The van der Waals surface area contributed by atoms with Gasteiger partial charge in [0.25, 0.3) is 0 Å². The topological polar surface area (TPSA) is 70.4 Å². The van der Waals surface area contributed by atoms with E-state index >= 15 is 0 Å². The zero-order valence-corrected chi connectivity index (χ0v) is 26.0. The van der Waals surface area contributed by atoms with Crippen LogP contribution in [0.5, 0.6) is 0 Å². The lowest BCUT2D eigenvalue weighted by atomic mass is 9.90. The maximum Gasteiger partial charge on any atom is 0.303 e. The number of carboxylic acid groups (broad SMARTS) is 1. The quantitative estimate of drug-likeness (QED) is 0.162. The number of carboxylic acids is 1. The molecule has 2 heterocycles. The number of aryl methyl sites for hydroxylation is 1. The van der Waals surface area contributed by atoms with Crippen molar-refractivity contribution >= 4 is 67.4 Å². The molecule has 7 heteroatoms. The van der Waals surface area contributed by atoms with Gasteiger partial charge >= 0.3 is 5.97 Å². The molecule has 0 radical (unpaired) electrons. The lowest BCUT2D eigenvalue weighted by Gasteiger charge is -2.24. The summed E-state index contributed by atoms with van der Waals surface area (Å²) in [7, 11) is 0. The second-order valence-corrected chi connectivity index (χ2v) is 14.3. The molecule has 5 rings (SSSR count). The van der Waals surface area contributed by atoms with Gasteiger partial charge < -0.3 is 10.2 Å². The van der Waals surface area contributed by atoms with Gasteiger partial charge in [0.2, 0.25) is 0 Å². The zero-order chi connectivity index (χ0) is 28.3. The van der Waals surface area contributed by atoms with Gasteiger partial charge in [0.05, 0.1) is 32.4 Å².